The summed E-state index contributed by atoms with van der Waals surface area (Å²) in [7, 11) is 1.53. The number of para-hydroxylation sites is 2. The van der Waals surface area contributed by atoms with E-state index >= 15 is 0 Å². The molecule has 3 aromatic rings. The summed E-state index contributed by atoms with van der Waals surface area (Å²) in [4.78, 5) is 0. The van der Waals surface area contributed by atoms with Crippen molar-refractivity contribution in [2.45, 2.75) is 13.8 Å². The minimum absolute atomic E-state index is 0.177. The molecule has 0 aliphatic carbocycles. The van der Waals surface area contributed by atoms with Gasteiger partial charge in [-0.15, -0.1) is 0 Å². The van der Waals surface area contributed by atoms with Crippen molar-refractivity contribution in [3.8, 4) is 17.3 Å². The fourth-order valence-corrected chi connectivity index (χ4v) is 2.57. The van der Waals surface area contributed by atoms with E-state index in [0.29, 0.717) is 22.9 Å². The number of benzene rings is 1. The molecule has 2 heterocycles. The first kappa shape index (κ1) is 13.2. The van der Waals surface area contributed by atoms with E-state index in [4.69, 9.17) is 10.5 Å². The van der Waals surface area contributed by atoms with Crippen LogP contribution in [0.1, 0.15) is 11.4 Å². The van der Waals surface area contributed by atoms with Crippen molar-refractivity contribution in [1.82, 2.24) is 9.61 Å². The van der Waals surface area contributed by atoms with Crippen molar-refractivity contribution in [3.05, 3.63) is 41.7 Å². The fourth-order valence-electron chi connectivity index (χ4n) is 2.57. The zero-order valence-corrected chi connectivity index (χ0v) is 12.2. The van der Waals surface area contributed by atoms with E-state index in [9.17, 15) is 5.11 Å². The SMILES string of the molecule is COc1nn2c(C)cc(C)[n+](-c3ccccc3O)c2c1N. The molecule has 0 spiro atoms. The third-order valence-corrected chi connectivity index (χ3v) is 3.50. The summed E-state index contributed by atoms with van der Waals surface area (Å²) in [5.74, 6) is 0.545. The average molecular weight is 285 g/mol. The topological polar surface area (TPSA) is 76.7 Å². The van der Waals surface area contributed by atoms with Gasteiger partial charge in [-0.05, 0) is 24.2 Å². The maximum Gasteiger partial charge on any atom is 0.342 e. The van der Waals surface area contributed by atoms with E-state index in [1.165, 1.54) is 7.11 Å². The number of fused-ring (bicyclic) bond motifs is 1. The number of phenols is 1. The van der Waals surface area contributed by atoms with Gasteiger partial charge >= 0.3 is 5.65 Å². The van der Waals surface area contributed by atoms with E-state index in [2.05, 4.69) is 5.10 Å². The number of methoxy groups -OCH3 is 1. The van der Waals surface area contributed by atoms with Crippen molar-refractivity contribution in [1.29, 1.82) is 0 Å². The molecule has 0 atom stereocenters. The smallest absolute Gasteiger partial charge is 0.342 e. The molecule has 1 aromatic carbocycles. The van der Waals surface area contributed by atoms with Gasteiger partial charge in [0.2, 0.25) is 0 Å². The zero-order valence-electron chi connectivity index (χ0n) is 12.2. The third kappa shape index (κ3) is 1.87. The summed E-state index contributed by atoms with van der Waals surface area (Å²) in [6.45, 7) is 3.90. The van der Waals surface area contributed by atoms with Gasteiger partial charge in [0.05, 0.1) is 7.11 Å². The number of aromatic hydroxyl groups is 1. The predicted molar refractivity (Wildman–Crippen MR) is 78.8 cm³/mol. The van der Waals surface area contributed by atoms with E-state index < -0.39 is 0 Å². The molecule has 0 fully saturated rings. The molecule has 6 heteroatoms. The van der Waals surface area contributed by atoms with Gasteiger partial charge < -0.3 is 15.6 Å². The van der Waals surface area contributed by atoms with E-state index in [1.54, 1.807) is 16.6 Å². The highest BCUT2D eigenvalue weighted by atomic mass is 16.5. The Morgan fingerprint density at radius 1 is 1.29 bits per heavy atom. The van der Waals surface area contributed by atoms with Gasteiger partial charge in [-0.1, -0.05) is 16.6 Å². The van der Waals surface area contributed by atoms with Gasteiger partial charge in [-0.2, -0.15) is 4.57 Å². The number of hydrogen-bond acceptors (Lipinski definition) is 4. The molecule has 0 saturated heterocycles. The number of rotatable bonds is 2. The Bertz CT molecular complexity index is 839. The van der Waals surface area contributed by atoms with Crippen LogP contribution in [0.4, 0.5) is 5.69 Å². The number of ether oxygens (including phenoxy) is 1. The first-order chi connectivity index (χ1) is 10.0. The highest BCUT2D eigenvalue weighted by molar-refractivity contribution is 5.69. The highest BCUT2D eigenvalue weighted by Crippen LogP contribution is 2.26. The van der Waals surface area contributed by atoms with Crippen molar-refractivity contribution >= 4 is 11.3 Å². The lowest BCUT2D eigenvalue weighted by atomic mass is 10.2. The molecule has 0 unspecified atom stereocenters. The van der Waals surface area contributed by atoms with E-state index in [1.807, 2.05) is 36.6 Å². The van der Waals surface area contributed by atoms with Gasteiger partial charge in [0.1, 0.15) is 11.4 Å². The van der Waals surface area contributed by atoms with Crippen LogP contribution in [0.2, 0.25) is 0 Å². The molecule has 0 aliphatic heterocycles. The van der Waals surface area contributed by atoms with Crippen LogP contribution in [0.25, 0.3) is 11.3 Å². The second kappa shape index (κ2) is 4.66. The largest absolute Gasteiger partial charge is 0.504 e. The van der Waals surface area contributed by atoms with Gasteiger partial charge in [0.25, 0.3) is 5.88 Å². The number of aryl methyl sites for hydroxylation is 2. The average Bonchev–Trinajstić information content (AvgIpc) is 2.79. The molecular formula is C15H17N4O2+. The molecule has 3 N–H and O–H groups in total. The van der Waals surface area contributed by atoms with Crippen LogP contribution in [0.5, 0.6) is 11.6 Å². The van der Waals surface area contributed by atoms with Gasteiger partial charge in [0, 0.05) is 13.0 Å². The number of nitrogens with two attached hydrogens (primary N) is 1. The lowest BCUT2D eigenvalue weighted by Gasteiger charge is -2.08. The van der Waals surface area contributed by atoms with Crippen LogP contribution in [0.15, 0.2) is 30.3 Å². The Morgan fingerprint density at radius 2 is 2.00 bits per heavy atom. The molecule has 0 saturated carbocycles. The Morgan fingerprint density at radius 3 is 2.67 bits per heavy atom. The molecule has 0 amide bonds. The Kier molecular flexibility index (Phi) is 2.94. The van der Waals surface area contributed by atoms with Crippen LogP contribution in [-0.2, 0) is 0 Å². The minimum atomic E-state index is 0.177. The Labute approximate surface area is 122 Å². The number of anilines is 1. The van der Waals surface area contributed by atoms with E-state index in [-0.39, 0.29) is 5.75 Å². The van der Waals surface area contributed by atoms with Crippen LogP contribution in [0.3, 0.4) is 0 Å². The standard InChI is InChI=1S/C15H16N4O2/c1-9-8-10(2)19-15(13(16)14(17-19)21-3)18(9)11-6-4-5-7-12(11)20/h4-8H,16H2,1-3H3/p+1. The first-order valence-electron chi connectivity index (χ1n) is 6.57. The predicted octanol–water partition coefficient (Wildman–Crippen LogP) is 1.52. The molecule has 2 aromatic heterocycles. The summed E-state index contributed by atoms with van der Waals surface area (Å²) in [6.07, 6.45) is 0. The lowest BCUT2D eigenvalue weighted by molar-refractivity contribution is -0.578. The fraction of sp³-hybridized carbons (Fsp3) is 0.200. The molecule has 108 valence electrons. The molecule has 21 heavy (non-hydrogen) atoms. The monoisotopic (exact) mass is 285 g/mol. The first-order valence-corrected chi connectivity index (χ1v) is 6.57. The molecular weight excluding hydrogens is 268 g/mol. The minimum Gasteiger partial charge on any atom is -0.504 e. The maximum absolute atomic E-state index is 10.1. The van der Waals surface area contributed by atoms with Crippen molar-refractivity contribution in [2.75, 3.05) is 12.8 Å². The van der Waals surface area contributed by atoms with Crippen LogP contribution >= 0.6 is 0 Å². The summed E-state index contributed by atoms with van der Waals surface area (Å²) in [5.41, 5.74) is 9.80. The second-order valence-electron chi connectivity index (χ2n) is 4.91. The molecule has 0 aliphatic rings. The molecule has 0 radical (unpaired) electrons. The Balaban J connectivity index is 2.48. The van der Waals surface area contributed by atoms with Crippen LogP contribution in [0, 0.1) is 13.8 Å². The lowest BCUT2D eigenvalue weighted by Crippen LogP contribution is -2.37. The third-order valence-electron chi connectivity index (χ3n) is 3.50. The summed E-state index contributed by atoms with van der Waals surface area (Å²) < 4.78 is 8.80. The van der Waals surface area contributed by atoms with Gasteiger partial charge in [0.15, 0.2) is 17.1 Å². The summed E-state index contributed by atoms with van der Waals surface area (Å²) in [6, 6.07) is 9.09. The second-order valence-corrected chi connectivity index (χ2v) is 4.91. The Hall–Kier alpha value is -2.76. The summed E-state index contributed by atoms with van der Waals surface area (Å²) >= 11 is 0. The molecule has 3 rings (SSSR count). The van der Waals surface area contributed by atoms with E-state index in [0.717, 1.165) is 11.4 Å². The van der Waals surface area contributed by atoms with Gasteiger partial charge in [-0.25, -0.2) is 0 Å². The number of aromatic nitrogens is 3. The zero-order chi connectivity index (χ0) is 15.1. The van der Waals surface area contributed by atoms with Crippen molar-refractivity contribution < 1.29 is 14.4 Å². The maximum atomic E-state index is 10.1. The van der Waals surface area contributed by atoms with Crippen molar-refractivity contribution in [3.63, 3.8) is 0 Å². The number of nitrogen functional groups attached to an aromatic ring is 1. The van der Waals surface area contributed by atoms with Crippen molar-refractivity contribution in [2.24, 2.45) is 0 Å². The van der Waals surface area contributed by atoms with Crippen LogP contribution < -0.4 is 15.0 Å². The molecule has 6 nitrogen and oxygen atoms in total. The normalized spacial score (nSPS) is 11.0. The van der Waals surface area contributed by atoms with Crippen LogP contribution in [-0.4, -0.2) is 21.8 Å². The molecule has 0 bridgehead atoms. The van der Waals surface area contributed by atoms with Gasteiger partial charge in [-0.3, -0.25) is 0 Å². The number of hydrogen-bond donors (Lipinski definition) is 2. The quantitative estimate of drug-likeness (QED) is 0.700. The highest BCUT2D eigenvalue weighted by Gasteiger charge is 2.27. The number of phenolic OH excluding ortho intramolecular Hbond substituents is 1. The summed E-state index contributed by atoms with van der Waals surface area (Å²) in [5, 5.41) is 14.5. The number of nitrogens with zero attached hydrogens (tertiary/aromatic N) is 3.